The predicted octanol–water partition coefficient (Wildman–Crippen LogP) is 2.20. The van der Waals surface area contributed by atoms with Crippen LogP contribution in [0.4, 0.5) is 4.79 Å². The first-order valence-electron chi connectivity index (χ1n) is 9.56. The molecule has 0 spiro atoms. The summed E-state index contributed by atoms with van der Waals surface area (Å²) in [5.74, 6) is 1.31. The second-order valence-electron chi connectivity index (χ2n) is 7.22. The number of alkyl carbamates (subject to hydrolysis) is 1. The van der Waals surface area contributed by atoms with E-state index in [4.69, 9.17) is 9.47 Å². The normalized spacial score (nSPS) is 12.9. The number of nitrogens with zero attached hydrogens (tertiary/aromatic N) is 1. The minimum atomic E-state index is -0.723. The van der Waals surface area contributed by atoms with Crippen molar-refractivity contribution in [3.63, 3.8) is 0 Å². The number of carbonyl (C=O) groups is 1. The largest absolute Gasteiger partial charge is 0.497 e. The molecule has 0 radical (unpaired) electrons. The highest BCUT2D eigenvalue weighted by Crippen LogP contribution is 2.19. The van der Waals surface area contributed by atoms with E-state index in [1.807, 2.05) is 45.9 Å². The Morgan fingerprint density at radius 2 is 1.93 bits per heavy atom. The molecule has 1 amide bonds. The van der Waals surface area contributed by atoms with Crippen molar-refractivity contribution in [2.24, 2.45) is 4.99 Å². The lowest BCUT2D eigenvalue weighted by Gasteiger charge is -2.19. The first-order chi connectivity index (χ1) is 13.2. The number of hydrogen-bond acceptors (Lipinski definition) is 5. The van der Waals surface area contributed by atoms with Crippen LogP contribution in [-0.2, 0) is 4.74 Å². The smallest absolute Gasteiger partial charge is 0.407 e. The van der Waals surface area contributed by atoms with Gasteiger partial charge in [-0.25, -0.2) is 4.79 Å². The van der Waals surface area contributed by atoms with Crippen LogP contribution in [0.5, 0.6) is 5.75 Å². The van der Waals surface area contributed by atoms with Crippen molar-refractivity contribution in [1.82, 2.24) is 16.0 Å². The highest BCUT2D eigenvalue weighted by atomic mass is 16.6. The van der Waals surface area contributed by atoms with E-state index in [0.29, 0.717) is 37.8 Å². The molecule has 0 aliphatic carbocycles. The van der Waals surface area contributed by atoms with Crippen LogP contribution in [0.2, 0.25) is 0 Å². The summed E-state index contributed by atoms with van der Waals surface area (Å²) in [6.45, 7) is 9.49. The second-order valence-corrected chi connectivity index (χ2v) is 7.22. The van der Waals surface area contributed by atoms with Gasteiger partial charge in [0.05, 0.1) is 19.8 Å². The average molecular weight is 395 g/mol. The Hall–Kier alpha value is -2.48. The molecule has 4 N–H and O–H groups in total. The molecule has 1 unspecified atom stereocenters. The van der Waals surface area contributed by atoms with E-state index < -0.39 is 17.8 Å². The highest BCUT2D eigenvalue weighted by molar-refractivity contribution is 5.79. The van der Waals surface area contributed by atoms with E-state index in [0.717, 1.165) is 5.56 Å². The van der Waals surface area contributed by atoms with Crippen LogP contribution in [0.1, 0.15) is 45.8 Å². The number of carbonyl (C=O) groups excluding carboxylic acids is 1. The molecule has 0 aromatic heterocycles. The Balaban J connectivity index is 2.41. The van der Waals surface area contributed by atoms with Gasteiger partial charge in [0.25, 0.3) is 0 Å². The van der Waals surface area contributed by atoms with Gasteiger partial charge in [0, 0.05) is 19.6 Å². The maximum atomic E-state index is 11.6. The van der Waals surface area contributed by atoms with Gasteiger partial charge in [-0.1, -0.05) is 12.1 Å². The summed E-state index contributed by atoms with van der Waals surface area (Å²) < 4.78 is 10.4. The highest BCUT2D eigenvalue weighted by Gasteiger charge is 2.15. The molecule has 0 fully saturated rings. The molecule has 1 aromatic rings. The molecule has 0 saturated heterocycles. The lowest BCUT2D eigenvalue weighted by molar-refractivity contribution is 0.0527. The van der Waals surface area contributed by atoms with Crippen molar-refractivity contribution in [1.29, 1.82) is 0 Å². The topological polar surface area (TPSA) is 104 Å². The van der Waals surface area contributed by atoms with Gasteiger partial charge in [-0.3, -0.25) is 4.99 Å². The van der Waals surface area contributed by atoms with Crippen LogP contribution >= 0.6 is 0 Å². The summed E-state index contributed by atoms with van der Waals surface area (Å²) in [6, 6.07) is 7.30. The average Bonchev–Trinajstić information content (AvgIpc) is 2.64. The van der Waals surface area contributed by atoms with Gasteiger partial charge >= 0.3 is 6.09 Å². The number of guanidine groups is 1. The minimum Gasteiger partial charge on any atom is -0.497 e. The van der Waals surface area contributed by atoms with E-state index in [1.54, 1.807) is 13.2 Å². The summed E-state index contributed by atoms with van der Waals surface area (Å²) in [7, 11) is 1.59. The van der Waals surface area contributed by atoms with Crippen LogP contribution in [0.15, 0.2) is 29.3 Å². The van der Waals surface area contributed by atoms with E-state index in [9.17, 15) is 9.90 Å². The molecule has 0 aliphatic rings. The van der Waals surface area contributed by atoms with Crippen molar-refractivity contribution in [3.8, 4) is 5.75 Å². The molecule has 0 saturated carbocycles. The Bertz CT molecular complexity index is 629. The first-order valence-corrected chi connectivity index (χ1v) is 9.56. The summed E-state index contributed by atoms with van der Waals surface area (Å²) in [5.41, 5.74) is 0.247. The van der Waals surface area contributed by atoms with Crippen molar-refractivity contribution < 1.29 is 19.4 Å². The molecule has 28 heavy (non-hydrogen) atoms. The number of aliphatic imine (C=N–C) groups is 1. The zero-order valence-electron chi connectivity index (χ0n) is 17.5. The van der Waals surface area contributed by atoms with Gasteiger partial charge in [0.1, 0.15) is 11.4 Å². The number of methoxy groups -OCH3 is 1. The Labute approximate surface area is 167 Å². The summed E-state index contributed by atoms with van der Waals surface area (Å²) in [6.07, 6.45) is -0.434. The maximum Gasteiger partial charge on any atom is 0.407 e. The fourth-order valence-electron chi connectivity index (χ4n) is 2.27. The van der Waals surface area contributed by atoms with Gasteiger partial charge in [-0.05, 0) is 51.8 Å². The maximum absolute atomic E-state index is 11.6. The van der Waals surface area contributed by atoms with Crippen LogP contribution in [0, 0.1) is 0 Å². The Kier molecular flexibility index (Phi) is 10.2. The number of nitrogens with one attached hydrogen (secondary N) is 3. The number of aliphatic hydroxyl groups is 1. The lowest BCUT2D eigenvalue weighted by atomic mass is 10.1. The number of rotatable bonds is 9. The summed E-state index contributed by atoms with van der Waals surface area (Å²) in [5, 5.41) is 19.4. The number of aliphatic hydroxyl groups excluding tert-OH is 1. The van der Waals surface area contributed by atoms with E-state index >= 15 is 0 Å². The first kappa shape index (κ1) is 23.6. The van der Waals surface area contributed by atoms with Crippen LogP contribution in [0.25, 0.3) is 0 Å². The predicted molar refractivity (Wildman–Crippen MR) is 111 cm³/mol. The molecule has 158 valence electrons. The molecule has 1 rings (SSSR count). The second kappa shape index (κ2) is 12.1. The zero-order valence-corrected chi connectivity index (χ0v) is 17.5. The fourth-order valence-corrected chi connectivity index (χ4v) is 2.27. The molecule has 8 heteroatoms. The molecular weight excluding hydrogens is 360 g/mol. The van der Waals surface area contributed by atoms with Gasteiger partial charge < -0.3 is 30.5 Å². The monoisotopic (exact) mass is 394 g/mol. The minimum absolute atomic E-state index is 0.221. The van der Waals surface area contributed by atoms with Crippen molar-refractivity contribution in [3.05, 3.63) is 29.8 Å². The van der Waals surface area contributed by atoms with E-state index in [2.05, 4.69) is 20.9 Å². The molecular formula is C20H34N4O4. The van der Waals surface area contributed by atoms with Gasteiger partial charge in [0.2, 0.25) is 0 Å². The van der Waals surface area contributed by atoms with E-state index in [-0.39, 0.29) is 6.54 Å². The Morgan fingerprint density at radius 1 is 1.21 bits per heavy atom. The quantitative estimate of drug-likeness (QED) is 0.291. The number of ether oxygens (including phenoxy) is 2. The Morgan fingerprint density at radius 3 is 2.57 bits per heavy atom. The van der Waals surface area contributed by atoms with Crippen molar-refractivity contribution >= 4 is 12.1 Å². The van der Waals surface area contributed by atoms with Crippen LogP contribution in [-0.4, -0.2) is 56.0 Å². The molecule has 0 heterocycles. The molecule has 1 aromatic carbocycles. The number of benzene rings is 1. The van der Waals surface area contributed by atoms with Crippen LogP contribution < -0.4 is 20.7 Å². The third-order valence-electron chi connectivity index (χ3n) is 3.56. The van der Waals surface area contributed by atoms with Gasteiger partial charge in [-0.2, -0.15) is 0 Å². The third kappa shape index (κ3) is 10.0. The van der Waals surface area contributed by atoms with Crippen molar-refractivity contribution in [2.45, 2.75) is 45.8 Å². The molecule has 0 bridgehead atoms. The van der Waals surface area contributed by atoms with Crippen LogP contribution in [0.3, 0.4) is 0 Å². The molecule has 8 nitrogen and oxygen atoms in total. The third-order valence-corrected chi connectivity index (χ3v) is 3.56. The molecule has 0 aliphatic heterocycles. The van der Waals surface area contributed by atoms with Gasteiger partial charge in [0.15, 0.2) is 5.96 Å². The fraction of sp³-hybridized carbons (Fsp3) is 0.600. The number of amides is 1. The van der Waals surface area contributed by atoms with Gasteiger partial charge in [-0.15, -0.1) is 0 Å². The standard InChI is InChI=1S/C20H34N4O4/c1-6-21-18(22-11-8-12-23-19(26)28-20(2,3)4)24-14-17(25)15-9-7-10-16(13-15)27-5/h7,9-10,13,17,25H,6,8,11-12,14H2,1-5H3,(H,23,26)(H2,21,22,24). The number of hydrogen-bond donors (Lipinski definition) is 4. The zero-order chi connectivity index (χ0) is 21.0. The molecule has 1 atom stereocenters. The summed E-state index contributed by atoms with van der Waals surface area (Å²) >= 11 is 0. The summed E-state index contributed by atoms with van der Waals surface area (Å²) in [4.78, 5) is 16.0. The SMILES string of the molecule is CCNC(=NCC(O)c1cccc(OC)c1)NCCCNC(=O)OC(C)(C)C. The van der Waals surface area contributed by atoms with Crippen molar-refractivity contribution in [2.75, 3.05) is 33.3 Å². The van der Waals surface area contributed by atoms with E-state index in [1.165, 1.54) is 0 Å². The lowest BCUT2D eigenvalue weighted by Crippen LogP contribution is -2.39.